The highest BCUT2D eigenvalue weighted by Gasteiger charge is 2.29. The molecule has 1 aromatic rings. The Bertz CT molecular complexity index is 491. The van der Waals surface area contributed by atoms with Crippen molar-refractivity contribution in [2.24, 2.45) is 0 Å². The molecule has 1 heterocycles. The van der Waals surface area contributed by atoms with Crippen molar-refractivity contribution in [2.45, 2.75) is 19.0 Å². The van der Waals surface area contributed by atoms with Crippen LogP contribution in [0, 0.1) is 0 Å². The van der Waals surface area contributed by atoms with E-state index in [4.69, 9.17) is 9.05 Å². The zero-order valence-corrected chi connectivity index (χ0v) is 11.6. The van der Waals surface area contributed by atoms with Gasteiger partial charge in [0.25, 0.3) is 5.16 Å². The molecule has 1 rings (SSSR count). The summed E-state index contributed by atoms with van der Waals surface area (Å²) in [4.78, 5) is 3.43. The van der Waals surface area contributed by atoms with Gasteiger partial charge in [0.1, 0.15) is 6.33 Å². The van der Waals surface area contributed by atoms with E-state index in [0.717, 1.165) is 6.33 Å². The van der Waals surface area contributed by atoms with Crippen molar-refractivity contribution >= 4 is 17.7 Å². The van der Waals surface area contributed by atoms with Gasteiger partial charge in [0.2, 0.25) is 0 Å². The highest BCUT2D eigenvalue weighted by Crippen LogP contribution is 2.48. The van der Waals surface area contributed by atoms with E-state index >= 15 is 0 Å². The Morgan fingerprint density at radius 3 is 2.39 bits per heavy atom. The van der Waals surface area contributed by atoms with Gasteiger partial charge in [-0.3, -0.25) is 13.8 Å². The van der Waals surface area contributed by atoms with Gasteiger partial charge in [0.05, 0.1) is 13.2 Å². The molecule has 0 aliphatic carbocycles. The van der Waals surface area contributed by atoms with Gasteiger partial charge in [0.15, 0.2) is 6.35 Å². The molecule has 0 aliphatic heterocycles. The number of aromatic nitrogens is 3. The topological polar surface area (TPSA) is 120 Å². The van der Waals surface area contributed by atoms with Gasteiger partial charge in [-0.1, -0.05) is 0 Å². The Balaban J connectivity index is 2.71. The van der Waals surface area contributed by atoms with E-state index in [0.29, 0.717) is 0 Å². The van der Waals surface area contributed by atoms with Gasteiger partial charge < -0.3 is 9.05 Å². The van der Waals surface area contributed by atoms with Gasteiger partial charge in [-0.05, 0) is 13.8 Å². The fourth-order valence-electron chi connectivity index (χ4n) is 1.01. The first kappa shape index (κ1) is 15.3. The summed E-state index contributed by atoms with van der Waals surface area (Å²) in [6, 6.07) is 0. The maximum absolute atomic E-state index is 11.9. The zero-order chi connectivity index (χ0) is 13.6. The summed E-state index contributed by atoms with van der Waals surface area (Å²) in [5.74, 6) is 0. The predicted octanol–water partition coefficient (Wildman–Crippen LogP) is 0.734. The Morgan fingerprint density at radius 1 is 1.33 bits per heavy atom. The molecular formula is C7H14N3O6PS. The molecule has 1 aromatic heterocycles. The third-order valence-electron chi connectivity index (χ3n) is 1.63. The zero-order valence-electron chi connectivity index (χ0n) is 9.90. The molecule has 0 atom stereocenters. The first-order valence-electron chi connectivity index (χ1n) is 5.07. The molecule has 18 heavy (non-hydrogen) atoms. The first-order chi connectivity index (χ1) is 8.43. The quantitative estimate of drug-likeness (QED) is 0.551. The average Bonchev–Trinajstić information content (AvgIpc) is 2.81. The van der Waals surface area contributed by atoms with Crippen LogP contribution in [0.1, 0.15) is 13.8 Å². The lowest BCUT2D eigenvalue weighted by atomic mass is 10.9. The molecule has 9 nitrogen and oxygen atoms in total. The molecule has 0 aliphatic rings. The summed E-state index contributed by atoms with van der Waals surface area (Å²) in [6.45, 7) is 3.44. The highest BCUT2D eigenvalue weighted by atomic mass is 32.2. The summed E-state index contributed by atoms with van der Waals surface area (Å²) in [6.07, 6.45) is 0.368. The number of hydrogen-bond acceptors (Lipinski definition) is 8. The minimum Gasteiger partial charge on any atom is -0.307 e. The van der Waals surface area contributed by atoms with E-state index in [1.807, 2.05) is 0 Å². The lowest BCUT2D eigenvalue weighted by Crippen LogP contribution is -2.12. The van der Waals surface area contributed by atoms with Crippen LogP contribution in [0.5, 0.6) is 0 Å². The lowest BCUT2D eigenvalue weighted by molar-refractivity contribution is 0.197. The SMILES string of the molecule is CCOP(=O)(COS(=O)(=O)c1nc[nH]n1)OCC. The van der Waals surface area contributed by atoms with Crippen LogP contribution in [0.3, 0.4) is 0 Å². The van der Waals surface area contributed by atoms with Crippen molar-refractivity contribution in [2.75, 3.05) is 19.6 Å². The van der Waals surface area contributed by atoms with Gasteiger partial charge in [-0.2, -0.15) is 8.42 Å². The average molecular weight is 299 g/mol. The van der Waals surface area contributed by atoms with Crippen LogP contribution >= 0.6 is 7.60 Å². The molecule has 0 unspecified atom stereocenters. The van der Waals surface area contributed by atoms with Crippen LogP contribution in [-0.2, 0) is 27.9 Å². The Labute approximate surface area is 105 Å². The second-order valence-corrected chi connectivity index (χ2v) is 6.43. The molecule has 11 heteroatoms. The first-order valence-corrected chi connectivity index (χ1v) is 8.20. The number of hydrogen-bond donors (Lipinski definition) is 1. The van der Waals surface area contributed by atoms with Crippen molar-refractivity contribution in [3.05, 3.63) is 6.33 Å². The van der Waals surface area contributed by atoms with Crippen LogP contribution < -0.4 is 0 Å². The number of aromatic amines is 1. The summed E-state index contributed by atoms with van der Waals surface area (Å²) in [5, 5.41) is 5.05. The van der Waals surface area contributed by atoms with E-state index in [9.17, 15) is 13.0 Å². The third-order valence-corrected chi connectivity index (χ3v) is 4.63. The smallest absolute Gasteiger partial charge is 0.307 e. The molecular weight excluding hydrogens is 285 g/mol. The Hall–Kier alpha value is -0.800. The van der Waals surface area contributed by atoms with Crippen molar-refractivity contribution in [1.82, 2.24) is 15.2 Å². The maximum Gasteiger partial charge on any atom is 0.357 e. The summed E-state index contributed by atoms with van der Waals surface area (Å²) in [7, 11) is -7.76. The fourth-order valence-corrected chi connectivity index (χ4v) is 3.54. The monoisotopic (exact) mass is 299 g/mol. The van der Waals surface area contributed by atoms with Crippen molar-refractivity contribution in [1.29, 1.82) is 0 Å². The fraction of sp³-hybridized carbons (Fsp3) is 0.714. The second kappa shape index (κ2) is 6.39. The number of nitrogens with one attached hydrogen (secondary N) is 1. The molecule has 104 valence electrons. The van der Waals surface area contributed by atoms with Crippen LogP contribution in [0.25, 0.3) is 0 Å². The summed E-state index contributed by atoms with van der Waals surface area (Å²) < 4.78 is 49.4. The van der Waals surface area contributed by atoms with E-state index < -0.39 is 29.2 Å². The summed E-state index contributed by atoms with van der Waals surface area (Å²) >= 11 is 0. The predicted molar refractivity (Wildman–Crippen MR) is 60.4 cm³/mol. The molecule has 0 spiro atoms. The number of nitrogens with zero attached hydrogens (tertiary/aromatic N) is 2. The molecule has 0 amide bonds. The van der Waals surface area contributed by atoms with Gasteiger partial charge in [0, 0.05) is 0 Å². The number of H-pyrrole nitrogens is 1. The molecule has 0 saturated heterocycles. The third kappa shape index (κ3) is 4.14. The van der Waals surface area contributed by atoms with Crippen LogP contribution in [-0.4, -0.2) is 43.2 Å². The van der Waals surface area contributed by atoms with Crippen molar-refractivity contribution < 1.29 is 26.2 Å². The Kier molecular flexibility index (Phi) is 5.42. The number of rotatable bonds is 8. The van der Waals surface area contributed by atoms with Gasteiger partial charge in [-0.15, -0.1) is 5.10 Å². The highest BCUT2D eigenvalue weighted by molar-refractivity contribution is 7.86. The maximum atomic E-state index is 11.9. The normalized spacial score (nSPS) is 12.8. The second-order valence-electron chi connectivity index (χ2n) is 2.93. The van der Waals surface area contributed by atoms with E-state index in [2.05, 4.69) is 19.4 Å². The van der Waals surface area contributed by atoms with Gasteiger partial charge in [-0.25, -0.2) is 4.98 Å². The standard InChI is InChI=1S/C7H14N3O6PS/c1-3-14-17(11,15-4-2)6-16-18(12,13)7-8-5-9-10-7/h5H,3-4,6H2,1-2H3,(H,8,9,10). The van der Waals surface area contributed by atoms with Crippen molar-refractivity contribution in [3.8, 4) is 0 Å². The minimum absolute atomic E-state index is 0.112. The summed E-state index contributed by atoms with van der Waals surface area (Å²) in [5.41, 5.74) is 0. The van der Waals surface area contributed by atoms with E-state index in [1.54, 1.807) is 13.8 Å². The van der Waals surface area contributed by atoms with Gasteiger partial charge >= 0.3 is 17.7 Å². The lowest BCUT2D eigenvalue weighted by Gasteiger charge is -2.15. The largest absolute Gasteiger partial charge is 0.357 e. The van der Waals surface area contributed by atoms with Crippen LogP contribution in [0.4, 0.5) is 0 Å². The van der Waals surface area contributed by atoms with Crippen LogP contribution in [0.15, 0.2) is 11.5 Å². The minimum atomic E-state index is -4.17. The molecule has 1 N–H and O–H groups in total. The molecule has 0 aromatic carbocycles. The van der Waals surface area contributed by atoms with E-state index in [-0.39, 0.29) is 13.2 Å². The molecule has 0 bridgehead atoms. The Morgan fingerprint density at radius 2 is 1.94 bits per heavy atom. The molecule has 0 radical (unpaired) electrons. The van der Waals surface area contributed by atoms with Crippen LogP contribution in [0.2, 0.25) is 0 Å². The molecule has 0 fully saturated rings. The van der Waals surface area contributed by atoms with Crippen molar-refractivity contribution in [3.63, 3.8) is 0 Å². The van der Waals surface area contributed by atoms with E-state index in [1.165, 1.54) is 0 Å². The molecule has 0 saturated carbocycles.